The molecule has 4 N–H and O–H groups in total. The zero-order valence-electron chi connectivity index (χ0n) is 9.12. The molecule has 0 saturated heterocycles. The normalized spacial score (nSPS) is 14.0. The van der Waals surface area contributed by atoms with Crippen LogP contribution in [0.3, 0.4) is 0 Å². The summed E-state index contributed by atoms with van der Waals surface area (Å²) in [5.74, 6) is 0.546. The highest BCUT2D eigenvalue weighted by molar-refractivity contribution is 5.40. The lowest BCUT2D eigenvalue weighted by Crippen LogP contribution is -2.20. The molecule has 0 fully saturated rings. The molecule has 0 aliphatic heterocycles. The Morgan fingerprint density at radius 2 is 2.07 bits per heavy atom. The van der Waals surface area contributed by atoms with Crippen LogP contribution in [0.2, 0.25) is 0 Å². The summed E-state index contributed by atoms with van der Waals surface area (Å²) in [6.07, 6.45) is 2.59. The molecule has 0 aliphatic rings. The molecule has 1 rings (SSSR count). The maximum absolute atomic E-state index is 6.06. The van der Waals surface area contributed by atoms with E-state index in [9.17, 15) is 0 Å². The number of hydrogen-bond donors (Lipinski definition) is 2. The first-order chi connectivity index (χ1) is 6.40. The first-order valence-corrected chi connectivity index (χ1v) is 4.86. The summed E-state index contributed by atoms with van der Waals surface area (Å²) < 4.78 is 0. The van der Waals surface area contributed by atoms with Crippen molar-refractivity contribution in [1.29, 1.82) is 0 Å². The van der Waals surface area contributed by atoms with Gasteiger partial charge in [0, 0.05) is 17.8 Å². The number of pyridine rings is 1. The molecule has 14 heavy (non-hydrogen) atoms. The lowest BCUT2D eigenvalue weighted by Gasteiger charge is -2.23. The maximum Gasteiger partial charge on any atom is 0.128 e. The third kappa shape index (κ3) is 3.00. The summed E-state index contributed by atoms with van der Waals surface area (Å²) in [5.41, 5.74) is 13.0. The Bertz CT molecular complexity index is 302. The molecular weight excluding hydrogens is 174 g/mol. The van der Waals surface area contributed by atoms with Crippen molar-refractivity contribution in [2.75, 3.05) is 5.73 Å². The second kappa shape index (κ2) is 3.96. The van der Waals surface area contributed by atoms with E-state index in [1.54, 1.807) is 6.20 Å². The summed E-state index contributed by atoms with van der Waals surface area (Å²) in [6, 6.07) is 3.79. The highest BCUT2D eigenvalue weighted by Gasteiger charge is 2.18. The number of nitrogens with zero attached hydrogens (tertiary/aromatic N) is 1. The largest absolute Gasteiger partial charge is 0.383 e. The van der Waals surface area contributed by atoms with Gasteiger partial charge < -0.3 is 11.5 Å². The maximum atomic E-state index is 6.06. The van der Waals surface area contributed by atoms with Gasteiger partial charge in [0.25, 0.3) is 0 Å². The highest BCUT2D eigenvalue weighted by Crippen LogP contribution is 2.29. The predicted octanol–water partition coefficient (Wildman–Crippen LogP) is 2.10. The van der Waals surface area contributed by atoms with E-state index in [2.05, 4.69) is 25.8 Å². The van der Waals surface area contributed by atoms with Crippen LogP contribution < -0.4 is 11.5 Å². The van der Waals surface area contributed by atoms with Gasteiger partial charge in [0.05, 0.1) is 0 Å². The quantitative estimate of drug-likeness (QED) is 0.756. The van der Waals surface area contributed by atoms with Crippen molar-refractivity contribution in [3.63, 3.8) is 0 Å². The van der Waals surface area contributed by atoms with Gasteiger partial charge in [-0.25, -0.2) is 4.98 Å². The average molecular weight is 193 g/mol. The molecule has 1 heterocycles. The van der Waals surface area contributed by atoms with Crippen LogP contribution in [0.15, 0.2) is 18.3 Å². The fourth-order valence-corrected chi connectivity index (χ4v) is 1.51. The fraction of sp³-hybridized carbons (Fsp3) is 0.545. The third-order valence-corrected chi connectivity index (χ3v) is 2.10. The minimum absolute atomic E-state index is 0.0244. The number of nitrogens with two attached hydrogens (primary N) is 2. The van der Waals surface area contributed by atoms with Gasteiger partial charge in [-0.3, -0.25) is 0 Å². The third-order valence-electron chi connectivity index (χ3n) is 2.10. The highest BCUT2D eigenvalue weighted by atomic mass is 14.8. The van der Waals surface area contributed by atoms with Crippen molar-refractivity contribution in [3.8, 4) is 0 Å². The Kier molecular flexibility index (Phi) is 3.11. The van der Waals surface area contributed by atoms with Crippen molar-refractivity contribution in [2.24, 2.45) is 11.1 Å². The molecule has 3 nitrogen and oxygen atoms in total. The molecule has 1 aromatic heterocycles. The molecule has 0 radical (unpaired) electrons. The number of nitrogen functional groups attached to an aromatic ring is 1. The van der Waals surface area contributed by atoms with Gasteiger partial charge in [0.1, 0.15) is 5.82 Å². The van der Waals surface area contributed by atoms with Crippen LogP contribution >= 0.6 is 0 Å². The van der Waals surface area contributed by atoms with Gasteiger partial charge in [-0.15, -0.1) is 0 Å². The summed E-state index contributed by atoms with van der Waals surface area (Å²) in [5, 5.41) is 0. The average Bonchev–Trinajstić information content (AvgIpc) is 2.01. The van der Waals surface area contributed by atoms with E-state index in [1.165, 1.54) is 0 Å². The fourth-order valence-electron chi connectivity index (χ4n) is 1.51. The van der Waals surface area contributed by atoms with Gasteiger partial charge in [-0.2, -0.15) is 0 Å². The van der Waals surface area contributed by atoms with Gasteiger partial charge >= 0.3 is 0 Å². The molecule has 1 atom stereocenters. The molecular formula is C11H19N3. The van der Waals surface area contributed by atoms with Crippen molar-refractivity contribution >= 4 is 5.82 Å². The second-order valence-corrected chi connectivity index (χ2v) is 4.85. The second-order valence-electron chi connectivity index (χ2n) is 4.85. The minimum atomic E-state index is -0.0244. The Morgan fingerprint density at radius 1 is 1.43 bits per heavy atom. The number of aromatic nitrogens is 1. The zero-order chi connectivity index (χ0) is 10.8. The molecule has 1 aromatic rings. The SMILES string of the molecule is CC(C)(C)CC(N)c1cccnc1N. The molecule has 0 bridgehead atoms. The van der Waals surface area contributed by atoms with E-state index in [0.717, 1.165) is 12.0 Å². The summed E-state index contributed by atoms with van der Waals surface area (Å²) in [4.78, 5) is 4.03. The van der Waals surface area contributed by atoms with Gasteiger partial charge in [-0.05, 0) is 17.9 Å². The predicted molar refractivity (Wildman–Crippen MR) is 59.6 cm³/mol. The standard InChI is InChI=1S/C11H19N3/c1-11(2,3)7-9(12)8-5-4-6-14-10(8)13/h4-6,9H,7,12H2,1-3H3,(H2,13,14). The molecule has 0 aromatic carbocycles. The van der Waals surface area contributed by atoms with E-state index >= 15 is 0 Å². The Labute approximate surface area is 85.5 Å². The molecule has 3 heteroatoms. The molecule has 78 valence electrons. The molecule has 1 unspecified atom stereocenters. The molecule has 0 amide bonds. The Hall–Kier alpha value is -1.09. The van der Waals surface area contributed by atoms with Crippen molar-refractivity contribution in [3.05, 3.63) is 23.9 Å². The van der Waals surface area contributed by atoms with Crippen LogP contribution in [0.5, 0.6) is 0 Å². The topological polar surface area (TPSA) is 64.9 Å². The van der Waals surface area contributed by atoms with Gasteiger partial charge in [-0.1, -0.05) is 26.8 Å². The Balaban J connectivity index is 2.80. The van der Waals surface area contributed by atoms with E-state index in [4.69, 9.17) is 11.5 Å². The Morgan fingerprint density at radius 3 is 2.57 bits per heavy atom. The van der Waals surface area contributed by atoms with E-state index < -0.39 is 0 Å². The minimum Gasteiger partial charge on any atom is -0.383 e. The number of anilines is 1. The molecule has 0 saturated carbocycles. The van der Waals surface area contributed by atoms with Gasteiger partial charge in [0.15, 0.2) is 0 Å². The number of hydrogen-bond acceptors (Lipinski definition) is 3. The van der Waals surface area contributed by atoms with Crippen LogP contribution in [0.4, 0.5) is 5.82 Å². The van der Waals surface area contributed by atoms with E-state index in [0.29, 0.717) is 5.82 Å². The zero-order valence-corrected chi connectivity index (χ0v) is 9.12. The van der Waals surface area contributed by atoms with Crippen LogP contribution in [0.25, 0.3) is 0 Å². The lowest BCUT2D eigenvalue weighted by molar-refractivity contribution is 0.343. The van der Waals surface area contributed by atoms with E-state index in [1.807, 2.05) is 12.1 Å². The first kappa shape index (κ1) is 11.0. The summed E-state index contributed by atoms with van der Waals surface area (Å²) in [7, 11) is 0. The first-order valence-electron chi connectivity index (χ1n) is 4.86. The molecule has 0 aliphatic carbocycles. The van der Waals surface area contributed by atoms with Crippen LogP contribution in [-0.4, -0.2) is 4.98 Å². The molecule has 0 spiro atoms. The monoisotopic (exact) mass is 193 g/mol. The van der Waals surface area contributed by atoms with E-state index in [-0.39, 0.29) is 11.5 Å². The lowest BCUT2D eigenvalue weighted by atomic mass is 9.86. The van der Waals surface area contributed by atoms with Crippen molar-refractivity contribution in [1.82, 2.24) is 4.98 Å². The van der Waals surface area contributed by atoms with Crippen molar-refractivity contribution < 1.29 is 0 Å². The summed E-state index contributed by atoms with van der Waals surface area (Å²) in [6.45, 7) is 6.50. The van der Waals surface area contributed by atoms with Crippen LogP contribution in [0.1, 0.15) is 38.8 Å². The van der Waals surface area contributed by atoms with Crippen LogP contribution in [-0.2, 0) is 0 Å². The van der Waals surface area contributed by atoms with Crippen LogP contribution in [0, 0.1) is 5.41 Å². The smallest absolute Gasteiger partial charge is 0.128 e. The number of rotatable bonds is 2. The summed E-state index contributed by atoms with van der Waals surface area (Å²) >= 11 is 0. The van der Waals surface area contributed by atoms with Crippen molar-refractivity contribution in [2.45, 2.75) is 33.2 Å². The van der Waals surface area contributed by atoms with Gasteiger partial charge in [0.2, 0.25) is 0 Å².